The van der Waals surface area contributed by atoms with Crippen molar-refractivity contribution in [2.75, 3.05) is 0 Å². The average molecular weight is 752 g/mol. The molecule has 1 heterocycles. The molecule has 4 heteroatoms. The van der Waals surface area contributed by atoms with E-state index in [0.717, 1.165) is 65.7 Å². The number of hydrogen-bond acceptors (Lipinski definition) is 1. The van der Waals surface area contributed by atoms with Crippen molar-refractivity contribution in [1.82, 2.24) is 4.57 Å². The van der Waals surface area contributed by atoms with E-state index in [2.05, 4.69) is 191 Å². The second-order valence-electron chi connectivity index (χ2n) is 14.5. The summed E-state index contributed by atoms with van der Waals surface area (Å²) in [5.74, 6) is 3.90. The average Bonchev–Trinajstić information content (AvgIpc) is 3.62. The van der Waals surface area contributed by atoms with Crippen molar-refractivity contribution in [2.24, 2.45) is 0 Å². The van der Waals surface area contributed by atoms with E-state index in [1.807, 2.05) is 36.4 Å². The van der Waals surface area contributed by atoms with Crippen molar-refractivity contribution >= 4 is 72.7 Å². The van der Waals surface area contributed by atoms with Crippen LogP contribution < -0.4 is 15.6 Å². The van der Waals surface area contributed by atoms with E-state index >= 15 is 0 Å². The van der Waals surface area contributed by atoms with Crippen LogP contribution in [0.5, 0.6) is 0 Å². The predicted octanol–water partition coefficient (Wildman–Crippen LogP) is 11.2. The van der Waals surface area contributed by atoms with Gasteiger partial charge in [-0.1, -0.05) is 164 Å². The fraction of sp³-hybridized carbons (Fsp3) is 0. The smallest absolute Gasteiger partial charge is 0.230 e. The lowest BCUT2D eigenvalue weighted by molar-refractivity contribution is 1.18. The summed E-state index contributed by atoms with van der Waals surface area (Å²) in [5, 5.41) is 19.9. The van der Waals surface area contributed by atoms with E-state index in [1.54, 1.807) is 0 Å². The van der Waals surface area contributed by atoms with Gasteiger partial charge < -0.3 is 4.57 Å². The highest BCUT2D eigenvalue weighted by molar-refractivity contribution is 7.16. The number of nitrogens with zero attached hydrogens (tertiary/aromatic N) is 3. The Bertz CT molecular complexity index is 3140. The van der Waals surface area contributed by atoms with Crippen LogP contribution in [0.3, 0.4) is 0 Å². The van der Waals surface area contributed by atoms with Crippen LogP contribution in [0.25, 0.3) is 65.0 Å². The lowest BCUT2D eigenvalue weighted by Crippen LogP contribution is -2.66. The molecule has 0 aliphatic heterocycles. The molecule has 9 aromatic carbocycles. The maximum atomic E-state index is 9.77. The summed E-state index contributed by atoms with van der Waals surface area (Å²) in [7, 11) is -2.85. The second kappa shape index (κ2) is 14.3. The first-order chi connectivity index (χ1) is 28.7. The Kier molecular flexibility index (Phi) is 8.51. The normalized spacial score (nSPS) is 11.3. The summed E-state index contributed by atoms with van der Waals surface area (Å²) < 4.78 is 2.24. The van der Waals surface area contributed by atoms with Crippen molar-refractivity contribution in [3.05, 3.63) is 223 Å². The van der Waals surface area contributed by atoms with Crippen molar-refractivity contribution in [2.45, 2.75) is 0 Å². The maximum absolute atomic E-state index is 9.77. The van der Waals surface area contributed by atoms with E-state index < -0.39 is 8.07 Å². The molecule has 0 radical (unpaired) electrons. The zero-order valence-electron chi connectivity index (χ0n) is 31.4. The SMILES string of the molecule is [C-]#[N+]c1ccc2c(c1)c1cc(C#N)ccc1n2-c1cccc(-c2c3ccccc3c(C#C[Si](c3ccccc3)(c3ccccc3)c3ccccc3)c3ccccc23)c1. The molecule has 10 aromatic rings. The van der Waals surface area contributed by atoms with Crippen LogP contribution in [0.4, 0.5) is 5.69 Å². The topological polar surface area (TPSA) is 33.1 Å². The fourth-order valence-electron chi connectivity index (χ4n) is 8.74. The summed E-state index contributed by atoms with van der Waals surface area (Å²) in [6, 6.07) is 72.5. The van der Waals surface area contributed by atoms with Crippen molar-refractivity contribution < 1.29 is 0 Å². The predicted molar refractivity (Wildman–Crippen MR) is 243 cm³/mol. The molecule has 0 atom stereocenters. The van der Waals surface area contributed by atoms with Gasteiger partial charge in [0.15, 0.2) is 5.69 Å². The van der Waals surface area contributed by atoms with Gasteiger partial charge in [-0.25, -0.2) is 4.85 Å². The molecule has 0 aliphatic rings. The molecule has 3 nitrogen and oxygen atoms in total. The molecular formula is C54H33N3Si. The van der Waals surface area contributed by atoms with E-state index in [0.29, 0.717) is 11.3 Å². The summed E-state index contributed by atoms with van der Waals surface area (Å²) in [6.07, 6.45) is 0. The van der Waals surface area contributed by atoms with Gasteiger partial charge in [-0.05, 0) is 96.1 Å². The van der Waals surface area contributed by atoms with Gasteiger partial charge in [0.2, 0.25) is 8.07 Å². The van der Waals surface area contributed by atoms with Crippen LogP contribution in [-0.4, -0.2) is 12.6 Å². The van der Waals surface area contributed by atoms with Crippen LogP contribution >= 0.6 is 0 Å². The van der Waals surface area contributed by atoms with Gasteiger partial charge in [0.25, 0.3) is 0 Å². The van der Waals surface area contributed by atoms with E-state index in [4.69, 9.17) is 6.57 Å². The molecule has 10 rings (SSSR count). The fourth-order valence-corrected chi connectivity index (χ4v) is 12.6. The highest BCUT2D eigenvalue weighted by Crippen LogP contribution is 2.41. The van der Waals surface area contributed by atoms with Crippen molar-refractivity contribution in [3.8, 4) is 34.3 Å². The first kappa shape index (κ1) is 34.5. The van der Waals surface area contributed by atoms with Gasteiger partial charge in [0, 0.05) is 16.6 Å². The van der Waals surface area contributed by atoms with Crippen LogP contribution in [-0.2, 0) is 0 Å². The first-order valence-electron chi connectivity index (χ1n) is 19.3. The van der Waals surface area contributed by atoms with Crippen LogP contribution in [0.15, 0.2) is 200 Å². The largest absolute Gasteiger partial charge is 0.309 e. The molecule has 0 spiro atoms. The third-order valence-electron chi connectivity index (χ3n) is 11.3. The Morgan fingerprint density at radius 1 is 0.483 bits per heavy atom. The van der Waals surface area contributed by atoms with Gasteiger partial charge in [-0.15, -0.1) is 5.54 Å². The molecule has 1 aromatic heterocycles. The number of nitriles is 1. The van der Waals surface area contributed by atoms with Gasteiger partial charge in [-0.2, -0.15) is 5.26 Å². The molecule has 268 valence electrons. The molecule has 0 fully saturated rings. The maximum Gasteiger partial charge on any atom is 0.230 e. The molecule has 0 unspecified atom stereocenters. The van der Waals surface area contributed by atoms with Gasteiger partial charge in [0.1, 0.15) is 0 Å². The zero-order valence-corrected chi connectivity index (χ0v) is 32.4. The molecule has 0 saturated heterocycles. The standard InChI is InChI=1S/C54H33N3Si/c1-56-40-29-31-53-51(36-40)50-34-38(37-55)28-30-52(50)57(53)41-17-15-16-39(35-41)54-48-26-13-11-24-45(48)47(46-25-12-14-27-49(46)54)32-33-58(42-18-5-2-6-19-42,43-20-7-3-8-21-43)44-22-9-4-10-23-44/h2-31,34-36H. The summed E-state index contributed by atoms with van der Waals surface area (Å²) in [4.78, 5) is 3.71. The van der Waals surface area contributed by atoms with Crippen molar-refractivity contribution in [3.63, 3.8) is 0 Å². The van der Waals surface area contributed by atoms with Crippen LogP contribution in [0.2, 0.25) is 0 Å². The molecule has 58 heavy (non-hydrogen) atoms. The lowest BCUT2D eigenvalue weighted by atomic mass is 9.88. The van der Waals surface area contributed by atoms with Crippen LogP contribution in [0, 0.1) is 29.4 Å². The zero-order chi connectivity index (χ0) is 39.1. The Morgan fingerprint density at radius 2 is 1.00 bits per heavy atom. The molecule has 0 amide bonds. The monoisotopic (exact) mass is 751 g/mol. The minimum absolute atomic E-state index is 0.569. The van der Waals surface area contributed by atoms with Gasteiger partial charge in [0.05, 0.1) is 29.2 Å². The summed E-state index contributed by atoms with van der Waals surface area (Å²) in [6.45, 7) is 7.68. The summed E-state index contributed by atoms with van der Waals surface area (Å²) >= 11 is 0. The Hall–Kier alpha value is -7.94. The Balaban J connectivity index is 1.23. The lowest BCUT2D eigenvalue weighted by Gasteiger charge is -2.28. The van der Waals surface area contributed by atoms with E-state index in [-0.39, 0.29) is 0 Å². The number of aromatic nitrogens is 1. The minimum atomic E-state index is -2.85. The third-order valence-corrected chi connectivity index (χ3v) is 15.4. The third kappa shape index (κ3) is 5.58. The molecule has 0 N–H and O–H groups in total. The number of rotatable bonds is 5. The van der Waals surface area contributed by atoms with Gasteiger partial charge >= 0.3 is 0 Å². The number of fused-ring (bicyclic) bond motifs is 5. The van der Waals surface area contributed by atoms with Crippen molar-refractivity contribution in [1.29, 1.82) is 5.26 Å². The van der Waals surface area contributed by atoms with E-state index in [9.17, 15) is 5.26 Å². The molecule has 0 saturated carbocycles. The van der Waals surface area contributed by atoms with Crippen LogP contribution in [0.1, 0.15) is 11.1 Å². The Labute approximate surface area is 338 Å². The summed E-state index contributed by atoms with van der Waals surface area (Å²) in [5.41, 5.74) is 11.5. The van der Waals surface area contributed by atoms with E-state index in [1.165, 1.54) is 15.6 Å². The second-order valence-corrected chi connectivity index (χ2v) is 18.0. The quantitative estimate of drug-likeness (QED) is 0.0567. The number of benzene rings is 9. The Morgan fingerprint density at radius 3 is 1.55 bits per heavy atom. The minimum Gasteiger partial charge on any atom is -0.309 e. The number of hydrogen-bond donors (Lipinski definition) is 0. The highest BCUT2D eigenvalue weighted by atomic mass is 28.3. The molecule has 0 bridgehead atoms. The molecular weight excluding hydrogens is 719 g/mol. The van der Waals surface area contributed by atoms with Gasteiger partial charge in [-0.3, -0.25) is 0 Å². The molecule has 0 aliphatic carbocycles. The highest BCUT2D eigenvalue weighted by Gasteiger charge is 2.38. The first-order valence-corrected chi connectivity index (χ1v) is 21.3.